The monoisotopic (exact) mass is 275 g/mol. The summed E-state index contributed by atoms with van der Waals surface area (Å²) < 4.78 is 13.8. The molecule has 2 aromatic heterocycles. The zero-order valence-electron chi connectivity index (χ0n) is 10.7. The summed E-state index contributed by atoms with van der Waals surface area (Å²) in [4.78, 5) is 18.7. The van der Waals surface area contributed by atoms with E-state index >= 15 is 0 Å². The first-order valence-electron chi connectivity index (χ1n) is 6.42. The number of rotatable bonds is 3. The van der Waals surface area contributed by atoms with Crippen LogP contribution < -0.4 is 5.32 Å². The molecular formula is C14H14FN3O2. The van der Waals surface area contributed by atoms with E-state index in [9.17, 15) is 9.18 Å². The molecule has 1 atom stereocenters. The third kappa shape index (κ3) is 2.08. The number of nitrogens with one attached hydrogen (secondary N) is 2. The number of carbonyl (C=O) groups is 1. The fourth-order valence-electron chi connectivity index (χ4n) is 2.53. The standard InChI is InChI=1S/C14H14FN3O2/c15-11-7-16-3-1-9(11)12-5-10-13(18-12)8(2-4-19)6-17-14(10)20/h1,3,5,7-8,18-19H,2,4,6H2,(H,17,20). The lowest BCUT2D eigenvalue weighted by Crippen LogP contribution is -2.34. The third-order valence-electron chi connectivity index (χ3n) is 3.55. The number of halogens is 1. The Kier molecular flexibility index (Phi) is 3.23. The Bertz CT molecular complexity index is 654. The zero-order chi connectivity index (χ0) is 14.1. The number of aliphatic hydroxyl groups excluding tert-OH is 1. The van der Waals surface area contributed by atoms with Crippen molar-refractivity contribution >= 4 is 5.91 Å². The van der Waals surface area contributed by atoms with Gasteiger partial charge in [-0.05, 0) is 18.6 Å². The molecule has 3 N–H and O–H groups in total. The molecule has 6 heteroatoms. The number of H-pyrrole nitrogens is 1. The Morgan fingerprint density at radius 1 is 1.45 bits per heavy atom. The van der Waals surface area contributed by atoms with Crippen LogP contribution >= 0.6 is 0 Å². The minimum absolute atomic E-state index is 0.0198. The van der Waals surface area contributed by atoms with Gasteiger partial charge in [-0.15, -0.1) is 0 Å². The zero-order valence-corrected chi connectivity index (χ0v) is 10.7. The van der Waals surface area contributed by atoms with E-state index in [0.717, 1.165) is 11.9 Å². The van der Waals surface area contributed by atoms with Crippen molar-refractivity contribution in [3.8, 4) is 11.3 Å². The van der Waals surface area contributed by atoms with Crippen LogP contribution in [-0.4, -0.2) is 34.1 Å². The number of aromatic amines is 1. The van der Waals surface area contributed by atoms with Crippen molar-refractivity contribution in [3.63, 3.8) is 0 Å². The van der Waals surface area contributed by atoms with Crippen LogP contribution in [0.1, 0.15) is 28.4 Å². The van der Waals surface area contributed by atoms with Gasteiger partial charge < -0.3 is 15.4 Å². The second kappa shape index (κ2) is 5.05. The Balaban J connectivity index is 2.06. The molecule has 0 bridgehead atoms. The Morgan fingerprint density at radius 3 is 3.05 bits per heavy atom. The topological polar surface area (TPSA) is 78.0 Å². The molecule has 0 radical (unpaired) electrons. The van der Waals surface area contributed by atoms with E-state index in [0.29, 0.717) is 29.8 Å². The highest BCUT2D eigenvalue weighted by Gasteiger charge is 2.28. The average Bonchev–Trinajstić information content (AvgIpc) is 2.88. The molecule has 20 heavy (non-hydrogen) atoms. The van der Waals surface area contributed by atoms with E-state index in [4.69, 9.17) is 5.11 Å². The van der Waals surface area contributed by atoms with Crippen molar-refractivity contribution in [2.45, 2.75) is 12.3 Å². The summed E-state index contributed by atoms with van der Waals surface area (Å²) in [5.74, 6) is -0.595. The summed E-state index contributed by atoms with van der Waals surface area (Å²) in [5.41, 5.74) is 2.20. The Labute approximate surface area is 114 Å². The third-order valence-corrected chi connectivity index (χ3v) is 3.55. The van der Waals surface area contributed by atoms with Crippen molar-refractivity contribution in [3.05, 3.63) is 41.6 Å². The highest BCUT2D eigenvalue weighted by atomic mass is 19.1. The van der Waals surface area contributed by atoms with Gasteiger partial charge in [-0.2, -0.15) is 0 Å². The lowest BCUT2D eigenvalue weighted by molar-refractivity contribution is 0.0936. The number of pyridine rings is 1. The molecule has 0 spiro atoms. The number of hydrogen-bond acceptors (Lipinski definition) is 3. The number of hydrogen-bond donors (Lipinski definition) is 3. The van der Waals surface area contributed by atoms with Crippen LogP contribution in [0.4, 0.5) is 4.39 Å². The number of nitrogens with zero attached hydrogens (tertiary/aromatic N) is 1. The molecule has 1 aliphatic rings. The van der Waals surface area contributed by atoms with Crippen molar-refractivity contribution in [1.29, 1.82) is 0 Å². The molecule has 0 aromatic carbocycles. The van der Waals surface area contributed by atoms with Crippen LogP contribution in [0.3, 0.4) is 0 Å². The maximum absolute atomic E-state index is 13.8. The van der Waals surface area contributed by atoms with E-state index in [2.05, 4.69) is 15.3 Å². The first kappa shape index (κ1) is 12.8. The highest BCUT2D eigenvalue weighted by Crippen LogP contribution is 2.31. The summed E-state index contributed by atoms with van der Waals surface area (Å²) in [6, 6.07) is 3.21. The van der Waals surface area contributed by atoms with Gasteiger partial charge in [-0.25, -0.2) is 4.39 Å². The Morgan fingerprint density at radius 2 is 2.30 bits per heavy atom. The first-order valence-corrected chi connectivity index (χ1v) is 6.42. The summed E-state index contributed by atoms with van der Waals surface area (Å²) in [5, 5.41) is 11.9. The number of amides is 1. The molecule has 1 unspecified atom stereocenters. The molecule has 0 saturated carbocycles. The number of aliphatic hydroxyl groups is 1. The number of aromatic nitrogens is 2. The smallest absolute Gasteiger partial charge is 0.253 e. The highest BCUT2D eigenvalue weighted by molar-refractivity contribution is 5.98. The number of fused-ring (bicyclic) bond motifs is 1. The van der Waals surface area contributed by atoms with Crippen molar-refractivity contribution in [1.82, 2.24) is 15.3 Å². The lowest BCUT2D eigenvalue weighted by atomic mass is 9.95. The van der Waals surface area contributed by atoms with E-state index in [1.807, 2.05) is 0 Å². The normalized spacial score (nSPS) is 17.7. The van der Waals surface area contributed by atoms with Crippen molar-refractivity contribution < 1.29 is 14.3 Å². The fourth-order valence-corrected chi connectivity index (χ4v) is 2.53. The van der Waals surface area contributed by atoms with E-state index in [-0.39, 0.29) is 18.4 Å². The van der Waals surface area contributed by atoms with Gasteiger partial charge in [0, 0.05) is 42.2 Å². The van der Waals surface area contributed by atoms with Gasteiger partial charge in [0.05, 0.1) is 11.8 Å². The van der Waals surface area contributed by atoms with Gasteiger partial charge in [0.25, 0.3) is 5.91 Å². The molecule has 5 nitrogen and oxygen atoms in total. The summed E-state index contributed by atoms with van der Waals surface area (Å²) in [6.07, 6.45) is 3.19. The predicted octanol–water partition coefficient (Wildman–Crippen LogP) is 1.43. The van der Waals surface area contributed by atoms with Crippen LogP contribution in [0.15, 0.2) is 24.5 Å². The van der Waals surface area contributed by atoms with Crippen molar-refractivity contribution in [2.75, 3.05) is 13.2 Å². The van der Waals surface area contributed by atoms with E-state index in [1.54, 1.807) is 12.1 Å². The SMILES string of the molecule is O=C1NCC(CCO)c2[nH]c(-c3ccncc3F)cc21. The largest absolute Gasteiger partial charge is 0.396 e. The lowest BCUT2D eigenvalue weighted by Gasteiger charge is -2.22. The van der Waals surface area contributed by atoms with Crippen LogP contribution in [0, 0.1) is 5.82 Å². The van der Waals surface area contributed by atoms with Gasteiger partial charge in [-0.1, -0.05) is 0 Å². The fraction of sp³-hybridized carbons (Fsp3) is 0.286. The molecule has 104 valence electrons. The molecule has 0 saturated heterocycles. The summed E-state index contributed by atoms with van der Waals surface area (Å²) >= 11 is 0. The Hall–Kier alpha value is -2.21. The van der Waals surface area contributed by atoms with E-state index < -0.39 is 5.82 Å². The van der Waals surface area contributed by atoms with Crippen LogP contribution in [0.2, 0.25) is 0 Å². The van der Waals surface area contributed by atoms with Crippen molar-refractivity contribution in [2.24, 2.45) is 0 Å². The minimum Gasteiger partial charge on any atom is -0.396 e. The molecule has 0 fully saturated rings. The maximum Gasteiger partial charge on any atom is 0.253 e. The molecule has 1 aliphatic heterocycles. The summed E-state index contributed by atoms with van der Waals surface area (Å²) in [6.45, 7) is 0.517. The van der Waals surface area contributed by atoms with Gasteiger partial charge >= 0.3 is 0 Å². The second-order valence-corrected chi connectivity index (χ2v) is 4.79. The molecule has 0 aliphatic carbocycles. The molecular weight excluding hydrogens is 261 g/mol. The molecule has 3 rings (SSSR count). The van der Waals surface area contributed by atoms with E-state index in [1.165, 1.54) is 6.20 Å². The van der Waals surface area contributed by atoms with Crippen LogP contribution in [0.25, 0.3) is 11.3 Å². The number of carbonyl (C=O) groups excluding carboxylic acids is 1. The van der Waals surface area contributed by atoms with Gasteiger partial charge in [0.1, 0.15) is 0 Å². The average molecular weight is 275 g/mol. The van der Waals surface area contributed by atoms with Crippen LogP contribution in [-0.2, 0) is 0 Å². The predicted molar refractivity (Wildman–Crippen MR) is 70.8 cm³/mol. The quantitative estimate of drug-likeness (QED) is 0.793. The van der Waals surface area contributed by atoms with Gasteiger partial charge in [0.15, 0.2) is 5.82 Å². The maximum atomic E-state index is 13.8. The molecule has 2 aromatic rings. The van der Waals surface area contributed by atoms with Gasteiger partial charge in [-0.3, -0.25) is 9.78 Å². The molecule has 3 heterocycles. The van der Waals surface area contributed by atoms with Gasteiger partial charge in [0.2, 0.25) is 0 Å². The minimum atomic E-state index is -0.440. The first-order chi connectivity index (χ1) is 9.70. The second-order valence-electron chi connectivity index (χ2n) is 4.79. The van der Waals surface area contributed by atoms with Crippen LogP contribution in [0.5, 0.6) is 0 Å². The molecule has 1 amide bonds. The summed E-state index contributed by atoms with van der Waals surface area (Å²) in [7, 11) is 0.